The molecule has 0 aromatic heterocycles. The van der Waals surface area contributed by atoms with Crippen molar-refractivity contribution in [2.45, 2.75) is 6.54 Å². The topological polar surface area (TPSA) is 78.4 Å². The molecule has 0 saturated carbocycles. The van der Waals surface area contributed by atoms with Gasteiger partial charge in [0.05, 0.1) is 6.26 Å². The first-order chi connectivity index (χ1) is 9.42. The Morgan fingerprint density at radius 2 is 1.70 bits per heavy atom. The Hall–Kier alpha value is -2.21. The van der Waals surface area contributed by atoms with Gasteiger partial charge in [0.15, 0.2) is 0 Å². The summed E-state index contributed by atoms with van der Waals surface area (Å²) < 4.78 is 24.6. The lowest BCUT2D eigenvalue weighted by Gasteiger charge is -2.08. The summed E-state index contributed by atoms with van der Waals surface area (Å²) in [5.74, 6) is 0.233. The van der Waals surface area contributed by atoms with Crippen LogP contribution in [0.3, 0.4) is 0 Å². The van der Waals surface area contributed by atoms with E-state index in [2.05, 4.69) is 10.0 Å². The molecule has 0 radical (unpaired) electrons. The Balaban J connectivity index is 1.97. The largest absolute Gasteiger partial charge is 0.508 e. The van der Waals surface area contributed by atoms with Gasteiger partial charge >= 0.3 is 0 Å². The summed E-state index contributed by atoms with van der Waals surface area (Å²) in [5, 5.41) is 12.6. The molecule has 2 rings (SSSR count). The predicted octanol–water partition coefficient (Wildman–Crippen LogP) is 2.38. The molecule has 5 nitrogen and oxygen atoms in total. The molecule has 0 fully saturated rings. The molecule has 2 aromatic carbocycles. The second-order valence-electron chi connectivity index (χ2n) is 4.48. The summed E-state index contributed by atoms with van der Waals surface area (Å²) in [6.07, 6.45) is 1.11. The Morgan fingerprint density at radius 1 is 1.05 bits per heavy atom. The van der Waals surface area contributed by atoms with Crippen molar-refractivity contribution in [3.8, 4) is 5.75 Å². The van der Waals surface area contributed by atoms with Crippen LogP contribution < -0.4 is 10.0 Å². The van der Waals surface area contributed by atoms with Crippen LogP contribution in [0.15, 0.2) is 48.5 Å². The van der Waals surface area contributed by atoms with Gasteiger partial charge in [-0.25, -0.2) is 8.42 Å². The van der Waals surface area contributed by atoms with Gasteiger partial charge in [-0.05, 0) is 42.0 Å². The van der Waals surface area contributed by atoms with Crippen molar-refractivity contribution in [1.29, 1.82) is 0 Å². The van der Waals surface area contributed by atoms with Crippen LogP contribution in [-0.2, 0) is 16.6 Å². The number of aromatic hydroxyl groups is 1. The highest BCUT2D eigenvalue weighted by atomic mass is 32.2. The van der Waals surface area contributed by atoms with Gasteiger partial charge in [0.1, 0.15) is 5.75 Å². The Kier molecular flexibility index (Phi) is 4.14. The Morgan fingerprint density at radius 3 is 2.30 bits per heavy atom. The summed E-state index contributed by atoms with van der Waals surface area (Å²) in [6.45, 7) is 0.577. The molecule has 0 aliphatic rings. The minimum absolute atomic E-state index is 0.233. The first-order valence-electron chi connectivity index (χ1n) is 6.02. The molecule has 0 atom stereocenters. The number of nitrogens with one attached hydrogen (secondary N) is 2. The van der Waals surface area contributed by atoms with E-state index in [4.69, 9.17) is 0 Å². The fourth-order valence-corrected chi connectivity index (χ4v) is 2.30. The van der Waals surface area contributed by atoms with Gasteiger partial charge in [0.25, 0.3) is 0 Å². The van der Waals surface area contributed by atoms with Crippen molar-refractivity contribution >= 4 is 21.4 Å². The van der Waals surface area contributed by atoms with E-state index in [1.165, 1.54) is 0 Å². The standard InChI is InChI=1S/C14H16N2O3S/c1-20(18,19)16-13-7-5-12(6-8-13)15-10-11-3-2-4-14(17)9-11/h2-9,15-17H,10H2,1H3. The number of phenols is 1. The van der Waals surface area contributed by atoms with Crippen molar-refractivity contribution in [2.24, 2.45) is 0 Å². The molecule has 0 saturated heterocycles. The fraction of sp³-hybridized carbons (Fsp3) is 0.143. The van der Waals surface area contributed by atoms with E-state index in [1.807, 2.05) is 6.07 Å². The zero-order valence-corrected chi connectivity index (χ0v) is 11.8. The van der Waals surface area contributed by atoms with Gasteiger partial charge in [-0.2, -0.15) is 0 Å². The van der Waals surface area contributed by atoms with E-state index < -0.39 is 10.0 Å². The minimum atomic E-state index is -3.25. The van der Waals surface area contributed by atoms with Crippen LogP contribution in [0.2, 0.25) is 0 Å². The number of hydrogen-bond donors (Lipinski definition) is 3. The van der Waals surface area contributed by atoms with Crippen molar-refractivity contribution < 1.29 is 13.5 Å². The third-order valence-corrected chi connectivity index (χ3v) is 3.20. The molecular formula is C14H16N2O3S. The maximum absolute atomic E-state index is 11.1. The molecule has 0 spiro atoms. The van der Waals surface area contributed by atoms with Crippen molar-refractivity contribution in [3.63, 3.8) is 0 Å². The number of sulfonamides is 1. The molecular weight excluding hydrogens is 276 g/mol. The number of anilines is 2. The molecule has 0 heterocycles. The zero-order chi connectivity index (χ0) is 14.6. The van der Waals surface area contributed by atoms with Gasteiger partial charge in [-0.3, -0.25) is 4.72 Å². The van der Waals surface area contributed by atoms with Crippen LogP contribution in [0.5, 0.6) is 5.75 Å². The smallest absolute Gasteiger partial charge is 0.229 e. The molecule has 6 heteroatoms. The van der Waals surface area contributed by atoms with E-state index in [0.29, 0.717) is 12.2 Å². The van der Waals surface area contributed by atoms with E-state index in [9.17, 15) is 13.5 Å². The summed E-state index contributed by atoms with van der Waals surface area (Å²) in [7, 11) is -3.25. The van der Waals surface area contributed by atoms with Crippen molar-refractivity contribution in [2.75, 3.05) is 16.3 Å². The van der Waals surface area contributed by atoms with Gasteiger partial charge in [0, 0.05) is 17.9 Å². The summed E-state index contributed by atoms with van der Waals surface area (Å²) in [6, 6.07) is 13.9. The first kappa shape index (κ1) is 14.2. The van der Waals surface area contributed by atoms with Crippen LogP contribution >= 0.6 is 0 Å². The van der Waals surface area contributed by atoms with Crippen LogP contribution in [0.4, 0.5) is 11.4 Å². The number of rotatable bonds is 5. The molecule has 20 heavy (non-hydrogen) atoms. The van der Waals surface area contributed by atoms with Crippen molar-refractivity contribution in [3.05, 3.63) is 54.1 Å². The van der Waals surface area contributed by atoms with Crippen LogP contribution in [-0.4, -0.2) is 19.8 Å². The van der Waals surface area contributed by atoms with E-state index in [0.717, 1.165) is 17.5 Å². The number of hydrogen-bond acceptors (Lipinski definition) is 4. The lowest BCUT2D eigenvalue weighted by Crippen LogP contribution is -2.09. The first-order valence-corrected chi connectivity index (χ1v) is 7.91. The summed E-state index contributed by atoms with van der Waals surface area (Å²) >= 11 is 0. The SMILES string of the molecule is CS(=O)(=O)Nc1ccc(NCc2cccc(O)c2)cc1. The Bertz CT molecular complexity index is 682. The molecule has 0 aliphatic heterocycles. The van der Waals surface area contributed by atoms with Gasteiger partial charge in [-0.15, -0.1) is 0 Å². The number of benzene rings is 2. The highest BCUT2D eigenvalue weighted by Crippen LogP contribution is 2.16. The normalized spacial score (nSPS) is 11.1. The quantitative estimate of drug-likeness (QED) is 0.790. The molecule has 0 aliphatic carbocycles. The second-order valence-corrected chi connectivity index (χ2v) is 6.22. The average Bonchev–Trinajstić information content (AvgIpc) is 2.36. The monoisotopic (exact) mass is 292 g/mol. The highest BCUT2D eigenvalue weighted by Gasteiger charge is 2.01. The highest BCUT2D eigenvalue weighted by molar-refractivity contribution is 7.92. The van der Waals surface area contributed by atoms with E-state index in [1.54, 1.807) is 42.5 Å². The second kappa shape index (κ2) is 5.83. The Labute approximate surface area is 118 Å². The third-order valence-electron chi connectivity index (χ3n) is 2.60. The van der Waals surface area contributed by atoms with Gasteiger partial charge < -0.3 is 10.4 Å². The van der Waals surface area contributed by atoms with Crippen LogP contribution in [0.1, 0.15) is 5.56 Å². The maximum Gasteiger partial charge on any atom is 0.229 e. The fourth-order valence-electron chi connectivity index (χ4n) is 1.74. The van der Waals surface area contributed by atoms with Gasteiger partial charge in [0.2, 0.25) is 10.0 Å². The van der Waals surface area contributed by atoms with Crippen LogP contribution in [0.25, 0.3) is 0 Å². The zero-order valence-electron chi connectivity index (χ0n) is 11.0. The third kappa shape index (κ3) is 4.47. The summed E-state index contributed by atoms with van der Waals surface area (Å²) in [5.41, 5.74) is 2.35. The lowest BCUT2D eigenvalue weighted by molar-refractivity contribution is 0.474. The van der Waals surface area contributed by atoms with Crippen molar-refractivity contribution in [1.82, 2.24) is 0 Å². The average molecular weight is 292 g/mol. The van der Waals surface area contributed by atoms with E-state index in [-0.39, 0.29) is 5.75 Å². The molecule has 106 valence electrons. The molecule has 3 N–H and O–H groups in total. The molecule has 0 bridgehead atoms. The van der Waals surface area contributed by atoms with Crippen LogP contribution in [0, 0.1) is 0 Å². The number of phenolic OH excluding ortho intramolecular Hbond substituents is 1. The molecule has 0 unspecified atom stereocenters. The summed E-state index contributed by atoms with van der Waals surface area (Å²) in [4.78, 5) is 0. The van der Waals surface area contributed by atoms with Gasteiger partial charge in [-0.1, -0.05) is 12.1 Å². The lowest BCUT2D eigenvalue weighted by atomic mass is 10.2. The van der Waals surface area contributed by atoms with E-state index >= 15 is 0 Å². The molecule has 2 aromatic rings. The molecule has 0 amide bonds. The minimum Gasteiger partial charge on any atom is -0.508 e. The predicted molar refractivity (Wildman–Crippen MR) is 80.3 cm³/mol. The maximum atomic E-state index is 11.1.